The highest BCUT2D eigenvalue weighted by molar-refractivity contribution is 5.90. The van der Waals surface area contributed by atoms with Gasteiger partial charge in [0.1, 0.15) is 18.4 Å². The molecule has 0 unspecified atom stereocenters. The summed E-state index contributed by atoms with van der Waals surface area (Å²) in [5, 5.41) is 12.2. The second-order valence-electron chi connectivity index (χ2n) is 4.13. The van der Waals surface area contributed by atoms with Crippen molar-refractivity contribution >= 4 is 22.3 Å². The molecule has 0 fully saturated rings. The average Bonchev–Trinajstić information content (AvgIpc) is 2.94. The molecule has 0 aliphatic rings. The standard InChI is InChI=1S/C11H9N5O/c1-6-7(2)17-9-3-8-11-14-12-4-16(11)13-5-15(8)10(6)9/h3-5H,1-2H3. The summed E-state index contributed by atoms with van der Waals surface area (Å²) in [7, 11) is 0. The number of rotatable bonds is 0. The van der Waals surface area contributed by atoms with Gasteiger partial charge in [-0.1, -0.05) is 0 Å². The van der Waals surface area contributed by atoms with Crippen molar-refractivity contribution in [3.8, 4) is 0 Å². The second-order valence-corrected chi connectivity index (χ2v) is 4.13. The molecule has 4 heterocycles. The minimum atomic E-state index is 0.732. The Morgan fingerprint density at radius 2 is 2.12 bits per heavy atom. The molecule has 6 heteroatoms. The molecule has 0 saturated carbocycles. The quantitative estimate of drug-likeness (QED) is 0.459. The minimum Gasteiger partial charge on any atom is -0.459 e. The third-order valence-corrected chi connectivity index (χ3v) is 3.20. The Hall–Kier alpha value is -2.37. The van der Waals surface area contributed by atoms with Gasteiger partial charge >= 0.3 is 0 Å². The fraction of sp³-hybridized carbons (Fsp3) is 0.182. The Balaban J connectivity index is 2.34. The molecule has 4 rings (SSSR count). The predicted octanol–water partition coefficient (Wildman–Crippen LogP) is 1.74. The van der Waals surface area contributed by atoms with Gasteiger partial charge in [-0.3, -0.25) is 4.40 Å². The predicted molar refractivity (Wildman–Crippen MR) is 61.0 cm³/mol. The molecule has 0 amide bonds. The van der Waals surface area contributed by atoms with Crippen LogP contribution in [0.25, 0.3) is 22.3 Å². The van der Waals surface area contributed by atoms with Crippen LogP contribution in [0.1, 0.15) is 11.3 Å². The van der Waals surface area contributed by atoms with Gasteiger partial charge in [-0.05, 0) is 13.8 Å². The van der Waals surface area contributed by atoms with Crippen molar-refractivity contribution in [2.75, 3.05) is 0 Å². The first kappa shape index (κ1) is 8.74. The van der Waals surface area contributed by atoms with Crippen LogP contribution in [0.2, 0.25) is 0 Å². The lowest BCUT2D eigenvalue weighted by Crippen LogP contribution is -1.95. The van der Waals surface area contributed by atoms with E-state index in [9.17, 15) is 0 Å². The van der Waals surface area contributed by atoms with E-state index in [0.717, 1.165) is 33.6 Å². The molecule has 4 aromatic heterocycles. The summed E-state index contributed by atoms with van der Waals surface area (Å²) < 4.78 is 9.34. The van der Waals surface area contributed by atoms with Crippen LogP contribution < -0.4 is 0 Å². The van der Waals surface area contributed by atoms with Crippen molar-refractivity contribution in [3.05, 3.63) is 30.0 Å². The van der Waals surface area contributed by atoms with E-state index in [1.165, 1.54) is 0 Å². The molecule has 17 heavy (non-hydrogen) atoms. The lowest BCUT2D eigenvalue weighted by Gasteiger charge is -1.97. The maximum atomic E-state index is 5.70. The fourth-order valence-corrected chi connectivity index (χ4v) is 2.24. The van der Waals surface area contributed by atoms with Crippen LogP contribution in [0.15, 0.2) is 23.1 Å². The molecule has 0 spiro atoms. The van der Waals surface area contributed by atoms with Gasteiger partial charge < -0.3 is 4.42 Å². The minimum absolute atomic E-state index is 0.732. The van der Waals surface area contributed by atoms with E-state index < -0.39 is 0 Å². The Labute approximate surface area is 95.5 Å². The van der Waals surface area contributed by atoms with Crippen LogP contribution in [0.3, 0.4) is 0 Å². The van der Waals surface area contributed by atoms with Crippen molar-refractivity contribution in [3.63, 3.8) is 0 Å². The van der Waals surface area contributed by atoms with Crippen molar-refractivity contribution < 1.29 is 4.42 Å². The van der Waals surface area contributed by atoms with Gasteiger partial charge in [-0.25, -0.2) is 0 Å². The fourth-order valence-electron chi connectivity index (χ4n) is 2.24. The molecule has 0 N–H and O–H groups in total. The molecule has 0 aliphatic heterocycles. The van der Waals surface area contributed by atoms with Gasteiger partial charge in [-0.2, -0.15) is 9.61 Å². The summed E-state index contributed by atoms with van der Waals surface area (Å²) in [4.78, 5) is 0. The summed E-state index contributed by atoms with van der Waals surface area (Å²) in [6, 6.07) is 1.97. The summed E-state index contributed by atoms with van der Waals surface area (Å²) in [6.07, 6.45) is 3.35. The van der Waals surface area contributed by atoms with Gasteiger partial charge in [0.2, 0.25) is 5.65 Å². The van der Waals surface area contributed by atoms with E-state index in [-0.39, 0.29) is 0 Å². The molecular weight excluding hydrogens is 218 g/mol. The maximum absolute atomic E-state index is 5.70. The zero-order valence-corrected chi connectivity index (χ0v) is 9.38. The number of furan rings is 1. The van der Waals surface area contributed by atoms with Crippen molar-refractivity contribution in [2.24, 2.45) is 0 Å². The molecule has 0 atom stereocenters. The lowest BCUT2D eigenvalue weighted by atomic mass is 10.3. The van der Waals surface area contributed by atoms with Gasteiger partial charge in [0, 0.05) is 11.6 Å². The molecule has 0 bridgehead atoms. The Morgan fingerprint density at radius 1 is 1.24 bits per heavy atom. The number of hydrogen-bond donors (Lipinski definition) is 0. The maximum Gasteiger partial charge on any atom is 0.201 e. The number of nitrogens with zero attached hydrogens (tertiary/aromatic N) is 5. The first-order valence-corrected chi connectivity index (χ1v) is 5.31. The highest BCUT2D eigenvalue weighted by Gasteiger charge is 2.15. The smallest absolute Gasteiger partial charge is 0.201 e. The summed E-state index contributed by atoms with van der Waals surface area (Å²) >= 11 is 0. The third kappa shape index (κ3) is 0.926. The van der Waals surface area contributed by atoms with Crippen molar-refractivity contribution in [1.82, 2.24) is 24.2 Å². The SMILES string of the molecule is Cc1oc2cc3c4nncn4ncn3c2c1C. The molecule has 0 saturated heterocycles. The van der Waals surface area contributed by atoms with Crippen LogP contribution >= 0.6 is 0 Å². The highest BCUT2D eigenvalue weighted by Crippen LogP contribution is 2.28. The molecule has 0 aromatic carbocycles. The topological polar surface area (TPSA) is 60.6 Å². The molecule has 0 aliphatic carbocycles. The summed E-state index contributed by atoms with van der Waals surface area (Å²) in [5.74, 6) is 0.936. The first-order valence-electron chi connectivity index (χ1n) is 5.31. The van der Waals surface area contributed by atoms with Crippen molar-refractivity contribution in [1.29, 1.82) is 0 Å². The molecular formula is C11H9N5O. The number of fused-ring (bicyclic) bond motifs is 5. The highest BCUT2D eigenvalue weighted by atomic mass is 16.3. The first-order chi connectivity index (χ1) is 8.25. The number of aryl methyl sites for hydroxylation is 2. The third-order valence-electron chi connectivity index (χ3n) is 3.20. The van der Waals surface area contributed by atoms with Crippen LogP contribution in [0.4, 0.5) is 0 Å². The van der Waals surface area contributed by atoms with E-state index in [1.54, 1.807) is 17.2 Å². The van der Waals surface area contributed by atoms with Crippen LogP contribution in [0, 0.1) is 13.8 Å². The van der Waals surface area contributed by atoms with E-state index in [0.29, 0.717) is 0 Å². The Morgan fingerprint density at radius 3 is 3.00 bits per heavy atom. The van der Waals surface area contributed by atoms with E-state index in [4.69, 9.17) is 4.42 Å². The number of hydrogen-bond acceptors (Lipinski definition) is 4. The molecule has 4 aromatic rings. The second kappa shape index (κ2) is 2.65. The molecule has 6 nitrogen and oxygen atoms in total. The largest absolute Gasteiger partial charge is 0.459 e. The molecule has 84 valence electrons. The van der Waals surface area contributed by atoms with Gasteiger partial charge in [-0.15, -0.1) is 10.2 Å². The van der Waals surface area contributed by atoms with Crippen molar-refractivity contribution in [2.45, 2.75) is 13.8 Å². The zero-order chi connectivity index (χ0) is 11.6. The zero-order valence-electron chi connectivity index (χ0n) is 9.38. The Bertz CT molecular complexity index is 866. The van der Waals surface area contributed by atoms with Gasteiger partial charge in [0.15, 0.2) is 5.58 Å². The van der Waals surface area contributed by atoms with E-state index >= 15 is 0 Å². The summed E-state index contributed by atoms with van der Waals surface area (Å²) in [6.45, 7) is 4.01. The van der Waals surface area contributed by atoms with Crippen LogP contribution in [0.5, 0.6) is 0 Å². The lowest BCUT2D eigenvalue weighted by molar-refractivity contribution is 0.575. The van der Waals surface area contributed by atoms with Crippen LogP contribution in [-0.2, 0) is 0 Å². The monoisotopic (exact) mass is 227 g/mol. The van der Waals surface area contributed by atoms with Gasteiger partial charge in [0.05, 0.1) is 11.0 Å². The van der Waals surface area contributed by atoms with Crippen LogP contribution in [-0.4, -0.2) is 24.2 Å². The van der Waals surface area contributed by atoms with E-state index in [1.807, 2.05) is 24.3 Å². The normalized spacial score (nSPS) is 12.1. The number of aromatic nitrogens is 5. The Kier molecular flexibility index (Phi) is 1.36. The van der Waals surface area contributed by atoms with E-state index in [2.05, 4.69) is 15.3 Å². The average molecular weight is 227 g/mol. The molecule has 0 radical (unpaired) electrons. The summed E-state index contributed by atoms with van der Waals surface area (Å²) in [5.41, 5.74) is 4.73. The van der Waals surface area contributed by atoms with Gasteiger partial charge in [0.25, 0.3) is 0 Å².